The lowest BCUT2D eigenvalue weighted by Gasteiger charge is -2.31. The molecular formula is C16H15F3O2. The first kappa shape index (κ1) is 14.2. The van der Waals surface area contributed by atoms with Crippen LogP contribution in [0.2, 0.25) is 0 Å². The van der Waals surface area contributed by atoms with Gasteiger partial charge in [0.2, 0.25) is 5.60 Å². The lowest BCUT2D eigenvalue weighted by Crippen LogP contribution is -2.47. The minimum absolute atomic E-state index is 0.177. The highest BCUT2D eigenvalue weighted by Crippen LogP contribution is 2.59. The molecule has 0 amide bonds. The van der Waals surface area contributed by atoms with Crippen LogP contribution < -0.4 is 0 Å². The van der Waals surface area contributed by atoms with Gasteiger partial charge in [0, 0.05) is 5.92 Å². The number of alkyl halides is 3. The molecule has 1 aliphatic heterocycles. The smallest absolute Gasteiger partial charge is 0.428 e. The summed E-state index contributed by atoms with van der Waals surface area (Å²) in [7, 11) is 0. The average Bonchev–Trinajstić information content (AvgIpc) is 2.94. The van der Waals surface area contributed by atoms with Crippen molar-refractivity contribution in [2.24, 2.45) is 11.8 Å². The Morgan fingerprint density at radius 1 is 1.29 bits per heavy atom. The van der Waals surface area contributed by atoms with E-state index in [4.69, 9.17) is 4.74 Å². The molecule has 0 bridgehead atoms. The minimum Gasteiger partial charge on any atom is -0.449 e. The monoisotopic (exact) mass is 296 g/mol. The summed E-state index contributed by atoms with van der Waals surface area (Å²) in [6, 6.07) is 9.14. The van der Waals surface area contributed by atoms with E-state index in [-0.39, 0.29) is 18.8 Å². The largest absolute Gasteiger partial charge is 0.449 e. The standard InChI is InChI=1S/C16H15F3O2/c1-10(11-5-3-2-4-6-11)12-7-8-15(16(17,18)19)13(12)9-14(20)21-15/h2-6,12-13H,1,7-9H2/t12-,13-,15-/m1/s1. The third kappa shape index (κ3) is 2.06. The normalized spacial score (nSPS) is 31.9. The van der Waals surface area contributed by atoms with Crippen LogP contribution in [0, 0.1) is 11.8 Å². The van der Waals surface area contributed by atoms with Crippen molar-refractivity contribution < 1.29 is 22.7 Å². The second-order valence-corrected chi connectivity index (χ2v) is 5.71. The topological polar surface area (TPSA) is 26.3 Å². The molecule has 0 spiro atoms. The van der Waals surface area contributed by atoms with Gasteiger partial charge in [0.15, 0.2) is 0 Å². The van der Waals surface area contributed by atoms with Crippen LogP contribution in [0.15, 0.2) is 36.9 Å². The molecule has 3 rings (SSSR count). The predicted molar refractivity (Wildman–Crippen MR) is 71.2 cm³/mol. The highest BCUT2D eigenvalue weighted by Gasteiger charge is 2.70. The Bertz CT molecular complexity index is 579. The van der Waals surface area contributed by atoms with E-state index < -0.39 is 23.7 Å². The number of allylic oxidation sites excluding steroid dienone is 1. The predicted octanol–water partition coefficient (Wildman–Crippen LogP) is 3.97. The van der Waals surface area contributed by atoms with Crippen LogP contribution in [0.25, 0.3) is 5.57 Å². The fourth-order valence-corrected chi connectivity index (χ4v) is 3.63. The Labute approximate surface area is 120 Å². The SMILES string of the molecule is C=C(c1ccccc1)[C@H]1CC[C@@]2(C(F)(F)F)OC(=O)C[C@H]12. The molecule has 2 nitrogen and oxygen atoms in total. The fraction of sp³-hybridized carbons (Fsp3) is 0.438. The summed E-state index contributed by atoms with van der Waals surface area (Å²) in [6.07, 6.45) is -4.56. The maximum atomic E-state index is 13.4. The van der Waals surface area contributed by atoms with Crippen LogP contribution in [-0.2, 0) is 9.53 Å². The molecule has 2 fully saturated rings. The first-order valence-electron chi connectivity index (χ1n) is 6.88. The van der Waals surface area contributed by atoms with Crippen LogP contribution in [-0.4, -0.2) is 17.7 Å². The van der Waals surface area contributed by atoms with Crippen LogP contribution in [0.3, 0.4) is 0 Å². The molecule has 0 radical (unpaired) electrons. The summed E-state index contributed by atoms with van der Waals surface area (Å²) in [5, 5.41) is 0. The lowest BCUT2D eigenvalue weighted by molar-refractivity contribution is -0.265. The van der Waals surface area contributed by atoms with Crippen molar-refractivity contribution >= 4 is 11.5 Å². The molecule has 0 unspecified atom stereocenters. The van der Waals surface area contributed by atoms with Crippen molar-refractivity contribution in [1.29, 1.82) is 0 Å². The van der Waals surface area contributed by atoms with Crippen LogP contribution >= 0.6 is 0 Å². The van der Waals surface area contributed by atoms with Gasteiger partial charge in [-0.15, -0.1) is 0 Å². The number of halogens is 3. The van der Waals surface area contributed by atoms with E-state index >= 15 is 0 Å². The maximum absolute atomic E-state index is 13.4. The van der Waals surface area contributed by atoms with Crippen molar-refractivity contribution in [3.63, 3.8) is 0 Å². The number of rotatable bonds is 2. The second-order valence-electron chi connectivity index (χ2n) is 5.71. The molecule has 1 heterocycles. The van der Waals surface area contributed by atoms with Gasteiger partial charge < -0.3 is 4.74 Å². The molecule has 1 aromatic carbocycles. The molecular weight excluding hydrogens is 281 g/mol. The molecule has 0 N–H and O–H groups in total. The van der Waals surface area contributed by atoms with Gasteiger partial charge in [-0.3, -0.25) is 4.79 Å². The lowest BCUT2D eigenvalue weighted by atomic mass is 9.80. The molecule has 1 saturated heterocycles. The van der Waals surface area contributed by atoms with Gasteiger partial charge in [-0.05, 0) is 29.9 Å². The molecule has 3 atom stereocenters. The van der Waals surface area contributed by atoms with E-state index in [1.54, 1.807) is 0 Å². The number of carbonyl (C=O) groups is 1. The number of hydrogen-bond acceptors (Lipinski definition) is 2. The molecule has 5 heteroatoms. The zero-order chi connectivity index (χ0) is 15.3. The Morgan fingerprint density at radius 2 is 1.95 bits per heavy atom. The number of benzene rings is 1. The van der Waals surface area contributed by atoms with Gasteiger partial charge in [0.25, 0.3) is 0 Å². The van der Waals surface area contributed by atoms with Crippen LogP contribution in [0.4, 0.5) is 13.2 Å². The molecule has 2 aliphatic rings. The van der Waals surface area contributed by atoms with Crippen LogP contribution in [0.1, 0.15) is 24.8 Å². The number of carbonyl (C=O) groups excluding carboxylic acids is 1. The maximum Gasteiger partial charge on any atom is 0.428 e. The van der Waals surface area contributed by atoms with Gasteiger partial charge in [0.05, 0.1) is 6.42 Å². The molecule has 112 valence electrons. The first-order chi connectivity index (χ1) is 9.85. The van der Waals surface area contributed by atoms with Gasteiger partial charge in [-0.2, -0.15) is 13.2 Å². The zero-order valence-corrected chi connectivity index (χ0v) is 11.3. The van der Waals surface area contributed by atoms with Crippen LogP contribution in [0.5, 0.6) is 0 Å². The van der Waals surface area contributed by atoms with E-state index in [0.29, 0.717) is 12.0 Å². The summed E-state index contributed by atoms with van der Waals surface area (Å²) >= 11 is 0. The van der Waals surface area contributed by atoms with Gasteiger partial charge >= 0.3 is 12.1 Å². The van der Waals surface area contributed by atoms with E-state index in [2.05, 4.69) is 6.58 Å². The van der Waals surface area contributed by atoms with Gasteiger partial charge in [-0.25, -0.2) is 0 Å². The Kier molecular flexibility index (Phi) is 3.11. The third-order valence-electron chi connectivity index (χ3n) is 4.67. The van der Waals surface area contributed by atoms with E-state index in [0.717, 1.165) is 5.56 Å². The third-order valence-corrected chi connectivity index (χ3v) is 4.67. The number of esters is 1. The zero-order valence-electron chi connectivity index (χ0n) is 11.3. The number of fused-ring (bicyclic) bond motifs is 1. The first-order valence-corrected chi connectivity index (χ1v) is 6.88. The summed E-state index contributed by atoms with van der Waals surface area (Å²) in [4.78, 5) is 11.5. The van der Waals surface area contributed by atoms with Gasteiger partial charge in [0.1, 0.15) is 0 Å². The Morgan fingerprint density at radius 3 is 2.57 bits per heavy atom. The van der Waals surface area contributed by atoms with Crippen molar-refractivity contribution in [2.45, 2.75) is 31.0 Å². The van der Waals surface area contributed by atoms with Gasteiger partial charge in [-0.1, -0.05) is 36.9 Å². The highest BCUT2D eigenvalue weighted by atomic mass is 19.4. The highest BCUT2D eigenvalue weighted by molar-refractivity contribution is 5.75. The summed E-state index contributed by atoms with van der Waals surface area (Å²) in [5.41, 5.74) is -0.836. The molecule has 0 aromatic heterocycles. The molecule has 1 saturated carbocycles. The molecule has 1 aromatic rings. The molecule has 1 aliphatic carbocycles. The minimum atomic E-state index is -4.53. The fourth-order valence-electron chi connectivity index (χ4n) is 3.63. The summed E-state index contributed by atoms with van der Waals surface area (Å²) in [5.74, 6) is -2.00. The Balaban J connectivity index is 1.94. The van der Waals surface area contributed by atoms with E-state index in [9.17, 15) is 18.0 Å². The van der Waals surface area contributed by atoms with Crippen molar-refractivity contribution in [3.05, 3.63) is 42.5 Å². The van der Waals surface area contributed by atoms with E-state index in [1.807, 2.05) is 30.3 Å². The average molecular weight is 296 g/mol. The summed E-state index contributed by atoms with van der Waals surface area (Å²) < 4.78 is 45.0. The summed E-state index contributed by atoms with van der Waals surface area (Å²) in [6.45, 7) is 3.97. The number of ether oxygens (including phenoxy) is 1. The van der Waals surface area contributed by atoms with E-state index in [1.165, 1.54) is 0 Å². The Hall–Kier alpha value is -1.78. The second kappa shape index (κ2) is 4.61. The van der Waals surface area contributed by atoms with Crippen molar-refractivity contribution in [3.8, 4) is 0 Å². The van der Waals surface area contributed by atoms with Crippen molar-refractivity contribution in [1.82, 2.24) is 0 Å². The number of hydrogen-bond donors (Lipinski definition) is 0. The molecule has 21 heavy (non-hydrogen) atoms. The van der Waals surface area contributed by atoms with Crippen molar-refractivity contribution in [2.75, 3.05) is 0 Å². The quantitative estimate of drug-likeness (QED) is 0.772.